The van der Waals surface area contributed by atoms with Crippen LogP contribution in [0.3, 0.4) is 0 Å². The molecule has 6 aromatic rings. The number of methoxy groups -OCH3 is 5. The third-order valence-corrected chi connectivity index (χ3v) is 12.7. The monoisotopic (exact) mass is 962 g/mol. The molecule has 2 amide bonds. The van der Waals surface area contributed by atoms with Crippen molar-refractivity contribution >= 4 is 47.0 Å². The first kappa shape index (κ1) is 48.6. The number of likely N-dealkylation sites (tertiary alicyclic amines) is 2. The molecule has 2 aliphatic rings. The van der Waals surface area contributed by atoms with Gasteiger partial charge in [-0.1, -0.05) is 59.6 Å². The second-order valence-corrected chi connectivity index (χ2v) is 16.5. The van der Waals surface area contributed by atoms with Gasteiger partial charge in [-0.2, -0.15) is 0 Å². The van der Waals surface area contributed by atoms with Gasteiger partial charge in [0.25, 0.3) is 11.8 Å². The minimum absolute atomic E-state index is 0.211. The van der Waals surface area contributed by atoms with Crippen LogP contribution in [-0.2, 0) is 9.59 Å². The van der Waals surface area contributed by atoms with Crippen molar-refractivity contribution in [3.05, 3.63) is 148 Å². The molecule has 2 aromatic heterocycles. The molecule has 2 saturated heterocycles. The van der Waals surface area contributed by atoms with E-state index >= 15 is 0 Å². The van der Waals surface area contributed by atoms with Crippen LogP contribution in [0.5, 0.6) is 28.7 Å². The number of halogens is 2. The summed E-state index contributed by atoms with van der Waals surface area (Å²) in [6, 6.07) is 27.2. The number of carbonyl (C=O) groups is 4. The maximum atomic E-state index is 13.7. The van der Waals surface area contributed by atoms with Gasteiger partial charge in [-0.05, 0) is 91.4 Å². The fraction of sp³-hybridized carbons (Fsp3) is 0.255. The molecule has 0 aliphatic carbocycles. The number of amides is 2. The second kappa shape index (κ2) is 21.5. The van der Waals surface area contributed by atoms with E-state index in [1.54, 1.807) is 94.1 Å². The summed E-state index contributed by atoms with van der Waals surface area (Å²) in [6.07, 6.45) is 4.56. The molecule has 0 saturated carbocycles. The molecule has 8 rings (SSSR count). The fourth-order valence-electron chi connectivity index (χ4n) is 8.68. The number of carboxylic acids is 2. The lowest BCUT2D eigenvalue weighted by Crippen LogP contribution is -2.42. The molecular formula is C51H48Cl2N4O11. The summed E-state index contributed by atoms with van der Waals surface area (Å²) in [5.74, 6) is -0.219. The quantitative estimate of drug-likeness (QED) is 0.112. The molecule has 15 nitrogen and oxygen atoms in total. The largest absolute Gasteiger partial charge is 0.497 e. The van der Waals surface area contributed by atoms with Gasteiger partial charge in [-0.25, -0.2) is 9.59 Å². The number of aliphatic carboxylic acids is 2. The first-order valence-electron chi connectivity index (χ1n) is 21.4. The Hall–Kier alpha value is -7.36. The number of ether oxygens (including phenoxy) is 5. The van der Waals surface area contributed by atoms with Crippen molar-refractivity contribution in [1.29, 1.82) is 0 Å². The minimum atomic E-state index is -1.06. The number of benzene rings is 4. The van der Waals surface area contributed by atoms with E-state index in [-0.39, 0.29) is 5.56 Å². The highest BCUT2D eigenvalue weighted by Crippen LogP contribution is 2.43. The number of carboxylic acid groups (broad SMARTS) is 2. The molecule has 2 fully saturated rings. The molecule has 2 aliphatic heterocycles. The van der Waals surface area contributed by atoms with Crippen LogP contribution in [0.25, 0.3) is 22.5 Å². The average Bonchev–Trinajstić information content (AvgIpc) is 4.02. The Morgan fingerprint density at radius 2 is 1.00 bits per heavy atom. The topological polar surface area (TPSA) is 187 Å². The summed E-state index contributed by atoms with van der Waals surface area (Å²) in [4.78, 5) is 62.8. The molecule has 352 valence electrons. The smallest absolute Gasteiger partial charge is 0.326 e. The first-order valence-corrected chi connectivity index (χ1v) is 22.1. The molecule has 68 heavy (non-hydrogen) atoms. The van der Waals surface area contributed by atoms with Gasteiger partial charge in [0, 0.05) is 45.7 Å². The Morgan fingerprint density at radius 3 is 1.46 bits per heavy atom. The maximum Gasteiger partial charge on any atom is 0.326 e. The van der Waals surface area contributed by atoms with Crippen LogP contribution < -0.4 is 23.7 Å². The highest BCUT2D eigenvalue weighted by molar-refractivity contribution is 6.31. The van der Waals surface area contributed by atoms with Crippen molar-refractivity contribution in [2.75, 3.05) is 35.5 Å². The van der Waals surface area contributed by atoms with Crippen molar-refractivity contribution in [1.82, 2.24) is 19.8 Å². The molecule has 4 atom stereocenters. The standard InChI is InChI=1S/C26H25ClN2O6.C25H23ClN2O5/c1-33-16-8-9-18(22(13-16)34-2)24-23(35-3)12-15(14-28-24)25(30)29-20(10-11-21(29)26(31)32)17-6-4-5-7-19(17)27;1-32-16-8-9-18(23(13-16)33-2)20-10-7-15(14-27-20)24(29)28-21(11-12-22(28)25(30)31)17-5-3-4-6-19(17)26/h4-9,12-14,20-21H,10-11H2,1-3H3,(H,31,32);3-10,13-14,21-22H,11-12H2,1-2H3,(H,30,31)/t20-,21+;21-,22+/m11/s1. The number of pyridine rings is 2. The van der Waals surface area contributed by atoms with Gasteiger partial charge in [0.2, 0.25) is 0 Å². The van der Waals surface area contributed by atoms with Crippen LogP contribution >= 0.6 is 23.2 Å². The zero-order valence-electron chi connectivity index (χ0n) is 37.7. The number of carbonyl (C=O) groups excluding carboxylic acids is 2. The van der Waals surface area contributed by atoms with Gasteiger partial charge in [0.1, 0.15) is 46.5 Å². The molecule has 0 spiro atoms. The normalized spacial score (nSPS) is 17.4. The van der Waals surface area contributed by atoms with Crippen molar-refractivity contribution in [3.63, 3.8) is 0 Å². The Bertz CT molecular complexity index is 2830. The van der Waals surface area contributed by atoms with Crippen molar-refractivity contribution < 1.29 is 53.1 Å². The third-order valence-electron chi connectivity index (χ3n) is 12.0. The molecule has 2 N–H and O–H groups in total. The van der Waals surface area contributed by atoms with Crippen molar-refractivity contribution in [3.8, 4) is 51.3 Å². The number of aromatic nitrogens is 2. The van der Waals surface area contributed by atoms with E-state index in [0.29, 0.717) is 92.6 Å². The van der Waals surface area contributed by atoms with E-state index in [0.717, 1.165) is 11.1 Å². The van der Waals surface area contributed by atoms with E-state index in [4.69, 9.17) is 46.9 Å². The predicted octanol–water partition coefficient (Wildman–Crippen LogP) is 9.71. The Balaban J connectivity index is 0.000000202. The molecule has 0 bridgehead atoms. The number of nitrogens with zero attached hydrogens (tertiary/aromatic N) is 4. The van der Waals surface area contributed by atoms with Crippen LogP contribution in [0.1, 0.15) is 69.6 Å². The summed E-state index contributed by atoms with van der Waals surface area (Å²) in [7, 11) is 7.71. The maximum absolute atomic E-state index is 13.7. The zero-order chi connectivity index (χ0) is 48.6. The van der Waals surface area contributed by atoms with Crippen LogP contribution in [-0.4, -0.2) is 101 Å². The highest BCUT2D eigenvalue weighted by atomic mass is 35.5. The molecule has 17 heteroatoms. The Labute approximate surface area is 402 Å². The van der Waals surface area contributed by atoms with Crippen molar-refractivity contribution in [2.45, 2.75) is 49.9 Å². The third kappa shape index (κ3) is 9.99. The lowest BCUT2D eigenvalue weighted by atomic mass is 10.0. The van der Waals surface area contributed by atoms with Crippen LogP contribution in [0.2, 0.25) is 10.0 Å². The van der Waals surface area contributed by atoms with E-state index in [2.05, 4.69) is 9.97 Å². The van der Waals surface area contributed by atoms with Gasteiger partial charge in [0.15, 0.2) is 0 Å². The summed E-state index contributed by atoms with van der Waals surface area (Å²) in [6.45, 7) is 0. The number of hydrogen-bond donors (Lipinski definition) is 2. The van der Waals surface area contributed by atoms with Gasteiger partial charge in [0.05, 0.1) is 64.5 Å². The van der Waals surface area contributed by atoms with Crippen molar-refractivity contribution in [2.24, 2.45) is 0 Å². The van der Waals surface area contributed by atoms with Crippen LogP contribution in [0, 0.1) is 0 Å². The van der Waals surface area contributed by atoms with Gasteiger partial charge in [-0.15, -0.1) is 0 Å². The number of rotatable bonds is 13. The molecule has 4 aromatic carbocycles. The summed E-state index contributed by atoms with van der Waals surface area (Å²) < 4.78 is 27.0. The lowest BCUT2D eigenvalue weighted by molar-refractivity contribution is -0.142. The molecule has 0 unspecified atom stereocenters. The molecule has 4 heterocycles. The van der Waals surface area contributed by atoms with Gasteiger partial charge in [-0.3, -0.25) is 19.6 Å². The fourth-order valence-corrected chi connectivity index (χ4v) is 9.20. The van der Waals surface area contributed by atoms with E-state index in [1.165, 1.54) is 36.4 Å². The Morgan fingerprint density at radius 1 is 0.529 bits per heavy atom. The van der Waals surface area contributed by atoms with Gasteiger partial charge >= 0.3 is 11.9 Å². The highest BCUT2D eigenvalue weighted by Gasteiger charge is 2.44. The van der Waals surface area contributed by atoms with Crippen LogP contribution in [0.15, 0.2) is 116 Å². The summed E-state index contributed by atoms with van der Waals surface area (Å²) >= 11 is 12.8. The lowest BCUT2D eigenvalue weighted by Gasteiger charge is -2.29. The zero-order valence-corrected chi connectivity index (χ0v) is 39.2. The summed E-state index contributed by atoms with van der Waals surface area (Å²) in [5, 5.41) is 20.5. The number of hydrogen-bond acceptors (Lipinski definition) is 11. The minimum Gasteiger partial charge on any atom is -0.497 e. The van der Waals surface area contributed by atoms with Crippen LogP contribution in [0.4, 0.5) is 0 Å². The second-order valence-electron chi connectivity index (χ2n) is 15.7. The Kier molecular flexibility index (Phi) is 15.4. The van der Waals surface area contributed by atoms with Gasteiger partial charge < -0.3 is 43.7 Å². The molecular weight excluding hydrogens is 915 g/mol. The SMILES string of the molecule is COc1ccc(-c2ccc(C(=O)N3[C@@H](c4ccccc4Cl)CC[C@H]3C(=O)O)cn2)c(OC)c1.COc1ccc(-c2ncc(C(=O)N3[C@@H](c4ccccc4Cl)CC[C@H]3C(=O)O)cc2OC)c(OC)c1. The molecule has 0 radical (unpaired) electrons. The first-order chi connectivity index (χ1) is 32.8. The van der Waals surface area contributed by atoms with E-state index < -0.39 is 47.9 Å². The van der Waals surface area contributed by atoms with E-state index in [9.17, 15) is 29.4 Å². The average molecular weight is 964 g/mol. The summed E-state index contributed by atoms with van der Waals surface area (Å²) in [5.41, 5.74) is 4.46. The van der Waals surface area contributed by atoms with E-state index in [1.807, 2.05) is 30.3 Å². The predicted molar refractivity (Wildman–Crippen MR) is 254 cm³/mol.